The van der Waals surface area contributed by atoms with Crippen molar-refractivity contribution in [3.63, 3.8) is 0 Å². The second kappa shape index (κ2) is 7.73. The van der Waals surface area contributed by atoms with Gasteiger partial charge in [-0.15, -0.1) is 0 Å². The zero-order valence-corrected chi connectivity index (χ0v) is 12.9. The van der Waals surface area contributed by atoms with E-state index in [4.69, 9.17) is 0 Å². The lowest BCUT2D eigenvalue weighted by Crippen LogP contribution is -2.10. The molecule has 0 bridgehead atoms. The Balaban J connectivity index is 2.80. The third-order valence-corrected chi connectivity index (χ3v) is 4.13. The number of hydrogen-bond donors (Lipinski definition) is 0. The highest BCUT2D eigenvalue weighted by atomic mass is 79.9. The van der Waals surface area contributed by atoms with Crippen molar-refractivity contribution in [3.8, 4) is 0 Å². The van der Waals surface area contributed by atoms with Gasteiger partial charge in [-0.25, -0.2) is 8.78 Å². The van der Waals surface area contributed by atoms with Crippen LogP contribution in [0.3, 0.4) is 0 Å². The van der Waals surface area contributed by atoms with Crippen molar-refractivity contribution in [1.82, 2.24) is 0 Å². The molecule has 0 aliphatic rings. The van der Waals surface area contributed by atoms with Gasteiger partial charge in [0.25, 0.3) is 0 Å². The molecule has 0 saturated heterocycles. The van der Waals surface area contributed by atoms with Crippen LogP contribution in [0.4, 0.5) is 8.78 Å². The second-order valence-electron chi connectivity index (χ2n) is 4.77. The molecule has 0 N–H and O–H groups in total. The van der Waals surface area contributed by atoms with Crippen molar-refractivity contribution in [2.24, 2.45) is 5.92 Å². The molecular formula is C15H19BrF2O. The third-order valence-electron chi connectivity index (χ3n) is 3.35. The first-order valence-corrected chi connectivity index (χ1v) is 7.47. The number of carbonyl (C=O) groups is 1. The average Bonchev–Trinajstić information content (AvgIpc) is 2.40. The molecule has 0 amide bonds. The fraction of sp³-hybridized carbons (Fsp3) is 0.533. The summed E-state index contributed by atoms with van der Waals surface area (Å²) < 4.78 is 26.3. The van der Waals surface area contributed by atoms with E-state index in [2.05, 4.69) is 22.9 Å². The summed E-state index contributed by atoms with van der Waals surface area (Å²) in [4.78, 5) is 12.1. The maximum atomic E-state index is 13.4. The van der Waals surface area contributed by atoms with E-state index in [1.165, 1.54) is 6.07 Å². The molecule has 0 radical (unpaired) electrons. The molecule has 1 rings (SSSR count). The first-order chi connectivity index (χ1) is 9.01. The van der Waals surface area contributed by atoms with Crippen molar-refractivity contribution in [3.05, 3.63) is 33.8 Å². The van der Waals surface area contributed by atoms with Crippen LogP contribution in [0.25, 0.3) is 0 Å². The van der Waals surface area contributed by atoms with Crippen molar-refractivity contribution in [2.45, 2.75) is 46.0 Å². The van der Waals surface area contributed by atoms with Crippen LogP contribution in [0.2, 0.25) is 0 Å². The van der Waals surface area contributed by atoms with E-state index < -0.39 is 11.6 Å². The maximum absolute atomic E-state index is 13.4. The molecule has 106 valence electrons. The minimum atomic E-state index is -0.993. The minimum absolute atomic E-state index is 0.0668. The summed E-state index contributed by atoms with van der Waals surface area (Å²) in [5.41, 5.74) is 0.230. The molecule has 0 fully saturated rings. The SMILES string of the molecule is CCCCC(CC)CC(=O)c1ccc(F)c(F)c1Br. The Labute approximate surface area is 121 Å². The van der Waals surface area contributed by atoms with Crippen molar-refractivity contribution >= 4 is 21.7 Å². The Hall–Kier alpha value is -0.770. The van der Waals surface area contributed by atoms with E-state index in [9.17, 15) is 13.6 Å². The van der Waals surface area contributed by atoms with Gasteiger partial charge < -0.3 is 0 Å². The molecular weight excluding hydrogens is 314 g/mol. The summed E-state index contributed by atoms with van der Waals surface area (Å²) in [5.74, 6) is -1.75. The monoisotopic (exact) mass is 332 g/mol. The van der Waals surface area contributed by atoms with Gasteiger partial charge in [-0.1, -0.05) is 39.5 Å². The topological polar surface area (TPSA) is 17.1 Å². The van der Waals surface area contributed by atoms with Crippen LogP contribution >= 0.6 is 15.9 Å². The van der Waals surface area contributed by atoms with Crippen LogP contribution in [-0.2, 0) is 0 Å². The van der Waals surface area contributed by atoms with Gasteiger partial charge in [0.05, 0.1) is 4.47 Å². The van der Waals surface area contributed by atoms with E-state index >= 15 is 0 Å². The first kappa shape index (κ1) is 16.3. The predicted molar refractivity (Wildman–Crippen MR) is 76.3 cm³/mol. The number of carbonyl (C=O) groups excluding carboxylic acids is 1. The Morgan fingerprint density at radius 3 is 2.58 bits per heavy atom. The molecule has 1 aromatic carbocycles. The van der Waals surface area contributed by atoms with Gasteiger partial charge in [0.15, 0.2) is 17.4 Å². The minimum Gasteiger partial charge on any atom is -0.294 e. The first-order valence-electron chi connectivity index (χ1n) is 6.67. The molecule has 1 nitrogen and oxygen atoms in total. The van der Waals surface area contributed by atoms with E-state index in [-0.39, 0.29) is 15.8 Å². The lowest BCUT2D eigenvalue weighted by molar-refractivity contribution is 0.0955. The van der Waals surface area contributed by atoms with Gasteiger partial charge in [-0.2, -0.15) is 0 Å². The van der Waals surface area contributed by atoms with Crippen molar-refractivity contribution in [1.29, 1.82) is 0 Å². The predicted octanol–water partition coefficient (Wildman–Crippen LogP) is 5.52. The molecule has 0 aliphatic heterocycles. The van der Waals surface area contributed by atoms with E-state index in [1.807, 2.05) is 6.92 Å². The molecule has 1 atom stereocenters. The number of unbranched alkanes of at least 4 members (excludes halogenated alkanes) is 1. The van der Waals surface area contributed by atoms with Crippen LogP contribution in [0, 0.1) is 17.6 Å². The highest BCUT2D eigenvalue weighted by Gasteiger charge is 2.19. The molecule has 0 heterocycles. The molecule has 19 heavy (non-hydrogen) atoms. The largest absolute Gasteiger partial charge is 0.294 e. The highest BCUT2D eigenvalue weighted by molar-refractivity contribution is 9.10. The van der Waals surface area contributed by atoms with Crippen molar-refractivity contribution < 1.29 is 13.6 Å². The Morgan fingerprint density at radius 1 is 1.32 bits per heavy atom. The summed E-state index contributed by atoms with van der Waals surface area (Å²) in [7, 11) is 0. The number of halogens is 3. The maximum Gasteiger partial charge on any atom is 0.173 e. The Bertz CT molecular complexity index is 446. The fourth-order valence-electron chi connectivity index (χ4n) is 2.06. The third kappa shape index (κ3) is 4.37. The van der Waals surface area contributed by atoms with Gasteiger partial charge in [0.2, 0.25) is 0 Å². The molecule has 0 spiro atoms. The normalized spacial score (nSPS) is 12.5. The molecule has 4 heteroatoms. The number of Topliss-reactive ketones (excluding diaryl/α,β-unsaturated/α-hetero) is 1. The number of ketones is 1. The summed E-state index contributed by atoms with van der Waals surface area (Å²) >= 11 is 2.96. The highest BCUT2D eigenvalue weighted by Crippen LogP contribution is 2.26. The molecule has 0 aliphatic carbocycles. The van der Waals surface area contributed by atoms with Crippen LogP contribution in [0.15, 0.2) is 16.6 Å². The lowest BCUT2D eigenvalue weighted by Gasteiger charge is -2.14. The van der Waals surface area contributed by atoms with Gasteiger partial charge in [0, 0.05) is 12.0 Å². The molecule has 0 saturated carbocycles. The average molecular weight is 333 g/mol. The molecule has 0 aromatic heterocycles. The smallest absolute Gasteiger partial charge is 0.173 e. The zero-order chi connectivity index (χ0) is 14.4. The van der Waals surface area contributed by atoms with Gasteiger partial charge in [-0.05, 0) is 34.0 Å². The molecule has 1 unspecified atom stereocenters. The van der Waals surface area contributed by atoms with Crippen LogP contribution in [0.5, 0.6) is 0 Å². The van der Waals surface area contributed by atoms with Gasteiger partial charge >= 0.3 is 0 Å². The van der Waals surface area contributed by atoms with E-state index in [0.717, 1.165) is 31.7 Å². The standard InChI is InChI=1S/C15H19BrF2O/c1-3-5-6-10(4-2)9-13(19)11-7-8-12(17)15(18)14(11)16/h7-8,10H,3-6,9H2,1-2H3. The molecule has 1 aromatic rings. The van der Waals surface area contributed by atoms with Gasteiger partial charge in [0.1, 0.15) is 0 Å². The van der Waals surface area contributed by atoms with Gasteiger partial charge in [-0.3, -0.25) is 4.79 Å². The second-order valence-corrected chi connectivity index (χ2v) is 5.56. The van der Waals surface area contributed by atoms with Crippen LogP contribution in [-0.4, -0.2) is 5.78 Å². The number of hydrogen-bond acceptors (Lipinski definition) is 1. The Kier molecular flexibility index (Phi) is 6.63. The van der Waals surface area contributed by atoms with E-state index in [1.54, 1.807) is 0 Å². The fourth-order valence-corrected chi connectivity index (χ4v) is 2.60. The summed E-state index contributed by atoms with van der Waals surface area (Å²) in [6.45, 7) is 4.16. The quantitative estimate of drug-likeness (QED) is 0.474. The van der Waals surface area contributed by atoms with Crippen LogP contribution < -0.4 is 0 Å². The Morgan fingerprint density at radius 2 is 2.00 bits per heavy atom. The van der Waals surface area contributed by atoms with Crippen molar-refractivity contribution in [2.75, 3.05) is 0 Å². The summed E-state index contributed by atoms with van der Waals surface area (Å²) in [5, 5.41) is 0. The number of rotatable bonds is 7. The zero-order valence-electron chi connectivity index (χ0n) is 11.3. The summed E-state index contributed by atoms with van der Waals surface area (Å²) in [6.07, 6.45) is 4.50. The lowest BCUT2D eigenvalue weighted by atomic mass is 9.91. The van der Waals surface area contributed by atoms with E-state index in [0.29, 0.717) is 12.3 Å². The van der Waals surface area contributed by atoms with Crippen LogP contribution in [0.1, 0.15) is 56.3 Å². The number of benzene rings is 1. The summed E-state index contributed by atoms with van der Waals surface area (Å²) in [6, 6.07) is 2.34.